The van der Waals surface area contributed by atoms with Crippen molar-refractivity contribution < 1.29 is 9.84 Å². The van der Waals surface area contributed by atoms with Crippen molar-refractivity contribution in [1.29, 1.82) is 0 Å². The molecule has 0 bridgehead atoms. The van der Waals surface area contributed by atoms with Crippen LogP contribution in [0.5, 0.6) is 11.5 Å². The molecule has 1 atom stereocenters. The number of phenols is 1. The van der Waals surface area contributed by atoms with E-state index in [2.05, 4.69) is 26.8 Å². The second-order valence-electron chi connectivity index (χ2n) is 6.38. The molecule has 1 unspecified atom stereocenters. The van der Waals surface area contributed by atoms with E-state index in [1.807, 2.05) is 13.8 Å². The molecular weight excluding hydrogens is 316 g/mol. The zero-order chi connectivity index (χ0) is 16.2. The van der Waals surface area contributed by atoms with E-state index in [-0.39, 0.29) is 5.60 Å². The molecule has 0 radical (unpaired) electrons. The van der Waals surface area contributed by atoms with Gasteiger partial charge < -0.3 is 9.84 Å². The fourth-order valence-electron chi connectivity index (χ4n) is 3.39. The van der Waals surface area contributed by atoms with E-state index in [4.69, 9.17) is 16.3 Å². The van der Waals surface area contributed by atoms with E-state index in [1.165, 1.54) is 15.3 Å². The summed E-state index contributed by atoms with van der Waals surface area (Å²) in [5.74, 6) is 1.03. The Labute approximate surface area is 140 Å². The number of ether oxygens (including phenoxy) is 1. The van der Waals surface area contributed by atoms with Crippen molar-refractivity contribution in [3.8, 4) is 11.5 Å². The van der Waals surface area contributed by atoms with Crippen LogP contribution in [0.2, 0.25) is 5.02 Å². The van der Waals surface area contributed by atoms with Crippen LogP contribution in [-0.4, -0.2) is 5.11 Å². The lowest BCUT2D eigenvalue weighted by Crippen LogP contribution is -2.34. The highest BCUT2D eigenvalue weighted by atomic mass is 35.5. The molecular formula is C18H21ClO2S. The summed E-state index contributed by atoms with van der Waals surface area (Å²) in [5.41, 5.74) is 3.51. The second-order valence-corrected chi connectivity index (χ2v) is 8.22. The zero-order valence-corrected chi connectivity index (χ0v) is 15.2. The highest BCUT2D eigenvalue weighted by Gasteiger charge is 2.38. The molecule has 22 heavy (non-hydrogen) atoms. The quantitative estimate of drug-likeness (QED) is 0.736. The van der Waals surface area contributed by atoms with Crippen LogP contribution in [0.25, 0.3) is 0 Å². The molecule has 0 spiro atoms. The standard InChI is InChI=1S/C18H21ClO2S/c1-9-8-14(12(4)22-9)18(5)7-6-13-10(2)16(20)11(3)15(19)17(13)21-18/h8,20H,6-7H2,1-5H3. The molecule has 0 fully saturated rings. The van der Waals surface area contributed by atoms with Gasteiger partial charge in [0.25, 0.3) is 0 Å². The monoisotopic (exact) mass is 336 g/mol. The minimum atomic E-state index is -0.360. The summed E-state index contributed by atoms with van der Waals surface area (Å²) in [4.78, 5) is 2.60. The van der Waals surface area contributed by atoms with Gasteiger partial charge in [-0.25, -0.2) is 0 Å². The maximum atomic E-state index is 10.2. The highest BCUT2D eigenvalue weighted by molar-refractivity contribution is 7.12. The van der Waals surface area contributed by atoms with Gasteiger partial charge in [-0.1, -0.05) is 11.6 Å². The first-order valence-electron chi connectivity index (χ1n) is 7.51. The fourth-order valence-corrected chi connectivity index (χ4v) is 4.68. The van der Waals surface area contributed by atoms with Crippen molar-refractivity contribution in [3.05, 3.63) is 43.1 Å². The molecule has 1 aromatic heterocycles. The largest absolute Gasteiger partial charge is 0.507 e. The molecule has 1 aliphatic rings. The number of aromatic hydroxyl groups is 1. The van der Waals surface area contributed by atoms with Gasteiger partial charge >= 0.3 is 0 Å². The van der Waals surface area contributed by atoms with E-state index in [0.29, 0.717) is 16.3 Å². The predicted molar refractivity (Wildman–Crippen MR) is 92.7 cm³/mol. The number of hydrogen-bond acceptors (Lipinski definition) is 3. The van der Waals surface area contributed by atoms with Crippen molar-refractivity contribution in [2.24, 2.45) is 0 Å². The maximum absolute atomic E-state index is 10.2. The van der Waals surface area contributed by atoms with Gasteiger partial charge in [0.1, 0.15) is 17.1 Å². The van der Waals surface area contributed by atoms with Gasteiger partial charge in [-0.3, -0.25) is 0 Å². The molecule has 1 N–H and O–H groups in total. The lowest BCUT2D eigenvalue weighted by atomic mass is 9.84. The lowest BCUT2D eigenvalue weighted by Gasteiger charge is -2.37. The maximum Gasteiger partial charge on any atom is 0.143 e. The van der Waals surface area contributed by atoms with Crippen molar-refractivity contribution in [2.45, 2.75) is 53.1 Å². The Hall–Kier alpha value is -1.19. The Kier molecular flexibility index (Phi) is 3.69. The van der Waals surface area contributed by atoms with Crippen LogP contribution in [0.4, 0.5) is 0 Å². The molecule has 118 valence electrons. The van der Waals surface area contributed by atoms with E-state index < -0.39 is 0 Å². The van der Waals surface area contributed by atoms with Crippen LogP contribution >= 0.6 is 22.9 Å². The number of benzene rings is 1. The minimum absolute atomic E-state index is 0.290. The Balaban J connectivity index is 2.13. The third kappa shape index (κ3) is 2.22. The van der Waals surface area contributed by atoms with E-state index in [1.54, 1.807) is 11.3 Å². The Morgan fingerprint density at radius 3 is 2.50 bits per heavy atom. The topological polar surface area (TPSA) is 29.5 Å². The van der Waals surface area contributed by atoms with Crippen LogP contribution in [0.15, 0.2) is 6.07 Å². The first-order chi connectivity index (χ1) is 10.2. The fraction of sp³-hybridized carbons (Fsp3) is 0.444. The average molecular weight is 337 g/mol. The first kappa shape index (κ1) is 15.7. The molecule has 4 heteroatoms. The summed E-state index contributed by atoms with van der Waals surface area (Å²) in [6.45, 7) is 10.2. The van der Waals surface area contributed by atoms with Crippen LogP contribution in [0.1, 0.15) is 45.4 Å². The van der Waals surface area contributed by atoms with E-state index >= 15 is 0 Å². The molecule has 2 aromatic rings. The van der Waals surface area contributed by atoms with Gasteiger partial charge in [0, 0.05) is 26.4 Å². The molecule has 2 nitrogen and oxygen atoms in total. The summed E-state index contributed by atoms with van der Waals surface area (Å²) < 4.78 is 6.41. The SMILES string of the molecule is Cc1cc(C2(C)CCc3c(C)c(O)c(C)c(Cl)c3O2)c(C)s1. The smallest absolute Gasteiger partial charge is 0.143 e. The lowest BCUT2D eigenvalue weighted by molar-refractivity contribution is 0.0621. The predicted octanol–water partition coefficient (Wildman–Crippen LogP) is 5.58. The molecule has 1 aromatic carbocycles. The Morgan fingerprint density at radius 1 is 1.23 bits per heavy atom. The number of rotatable bonds is 1. The first-order valence-corrected chi connectivity index (χ1v) is 8.71. The number of hydrogen-bond donors (Lipinski definition) is 1. The van der Waals surface area contributed by atoms with Gasteiger partial charge in [0.15, 0.2) is 0 Å². The van der Waals surface area contributed by atoms with Gasteiger partial charge in [-0.05, 0) is 59.1 Å². The minimum Gasteiger partial charge on any atom is -0.507 e. The number of phenolic OH excluding ortho intramolecular Hbond substituents is 1. The number of aryl methyl sites for hydroxylation is 2. The summed E-state index contributed by atoms with van der Waals surface area (Å²) in [6, 6.07) is 2.22. The Bertz CT molecular complexity index is 763. The van der Waals surface area contributed by atoms with Crippen LogP contribution in [0.3, 0.4) is 0 Å². The number of halogens is 1. The normalized spacial score (nSPS) is 20.6. The van der Waals surface area contributed by atoms with Crippen LogP contribution in [-0.2, 0) is 12.0 Å². The number of fused-ring (bicyclic) bond motifs is 1. The van der Waals surface area contributed by atoms with Gasteiger partial charge in [0.05, 0.1) is 5.02 Å². The van der Waals surface area contributed by atoms with Crippen molar-refractivity contribution in [1.82, 2.24) is 0 Å². The molecule has 0 amide bonds. The van der Waals surface area contributed by atoms with Crippen LogP contribution < -0.4 is 4.74 Å². The third-order valence-corrected chi connectivity index (χ3v) is 6.18. The summed E-state index contributed by atoms with van der Waals surface area (Å²) in [5, 5.41) is 10.7. The molecule has 0 saturated carbocycles. The van der Waals surface area contributed by atoms with E-state index in [9.17, 15) is 5.11 Å². The second kappa shape index (κ2) is 5.17. The molecule has 3 rings (SSSR count). The van der Waals surface area contributed by atoms with Crippen molar-refractivity contribution in [2.75, 3.05) is 0 Å². The van der Waals surface area contributed by atoms with Crippen molar-refractivity contribution in [3.63, 3.8) is 0 Å². The third-order valence-electron chi connectivity index (χ3n) is 4.76. The van der Waals surface area contributed by atoms with Crippen LogP contribution in [0, 0.1) is 27.7 Å². The zero-order valence-electron chi connectivity index (χ0n) is 13.6. The summed E-state index contributed by atoms with van der Waals surface area (Å²) >= 11 is 8.27. The Morgan fingerprint density at radius 2 is 1.91 bits per heavy atom. The average Bonchev–Trinajstić information content (AvgIpc) is 2.82. The summed E-state index contributed by atoms with van der Waals surface area (Å²) in [7, 11) is 0. The van der Waals surface area contributed by atoms with E-state index in [0.717, 1.165) is 29.7 Å². The molecule has 1 aliphatic heterocycles. The molecule has 2 heterocycles. The highest BCUT2D eigenvalue weighted by Crippen LogP contribution is 2.49. The number of thiophene rings is 1. The summed E-state index contributed by atoms with van der Waals surface area (Å²) in [6.07, 6.45) is 1.75. The molecule has 0 saturated heterocycles. The van der Waals surface area contributed by atoms with Gasteiger partial charge in [0.2, 0.25) is 0 Å². The molecule has 0 aliphatic carbocycles. The van der Waals surface area contributed by atoms with Gasteiger partial charge in [-0.15, -0.1) is 11.3 Å². The van der Waals surface area contributed by atoms with Crippen molar-refractivity contribution >= 4 is 22.9 Å². The van der Waals surface area contributed by atoms with Gasteiger partial charge in [-0.2, -0.15) is 0 Å².